The van der Waals surface area contributed by atoms with Crippen LogP contribution in [0.1, 0.15) is 30.4 Å². The van der Waals surface area contributed by atoms with Crippen molar-refractivity contribution in [1.29, 1.82) is 0 Å². The molecule has 20 heavy (non-hydrogen) atoms. The molecule has 2 rings (SSSR count). The first-order chi connectivity index (χ1) is 9.60. The predicted octanol–water partition coefficient (Wildman–Crippen LogP) is 1.71. The Hall–Kier alpha value is -2.11. The third-order valence-electron chi connectivity index (χ3n) is 3.15. The van der Waals surface area contributed by atoms with E-state index in [1.807, 2.05) is 30.9 Å². The molecule has 108 valence electrons. The number of aryl methyl sites for hydroxylation is 2. The molecule has 0 aliphatic rings. The number of nitrogens with one attached hydrogen (secondary N) is 1. The second kappa shape index (κ2) is 6.36. The van der Waals surface area contributed by atoms with Crippen LogP contribution in [0.25, 0.3) is 0 Å². The topological polar surface area (TPSA) is 81.6 Å². The minimum Gasteiger partial charge on any atom is -0.383 e. The average Bonchev–Trinajstić information content (AvgIpc) is 2.81. The van der Waals surface area contributed by atoms with Gasteiger partial charge >= 0.3 is 0 Å². The average molecular weight is 274 g/mol. The van der Waals surface area contributed by atoms with Gasteiger partial charge in [0.25, 0.3) is 0 Å². The number of hydrogen-bond donors (Lipinski definition) is 2. The molecular formula is C14H22N6. The van der Waals surface area contributed by atoms with Crippen molar-refractivity contribution in [2.24, 2.45) is 7.05 Å². The molecule has 0 spiro atoms. The molecule has 2 aromatic heterocycles. The molecule has 6 nitrogen and oxygen atoms in total. The number of anilines is 2. The van der Waals surface area contributed by atoms with Crippen molar-refractivity contribution in [2.75, 3.05) is 17.6 Å². The molecule has 0 amide bonds. The summed E-state index contributed by atoms with van der Waals surface area (Å²) in [6.07, 6.45) is 4.66. The first kappa shape index (κ1) is 14.3. The fraction of sp³-hybridized carbons (Fsp3) is 0.500. The number of rotatable bonds is 6. The van der Waals surface area contributed by atoms with E-state index in [-0.39, 0.29) is 0 Å². The summed E-state index contributed by atoms with van der Waals surface area (Å²) in [6.45, 7) is 4.82. The molecule has 0 radical (unpaired) electrons. The summed E-state index contributed by atoms with van der Waals surface area (Å²) < 4.78 is 1.81. The lowest BCUT2D eigenvalue weighted by Gasteiger charge is -2.11. The molecule has 0 saturated carbocycles. The number of nitrogen functional groups attached to an aromatic ring is 1. The van der Waals surface area contributed by atoms with Gasteiger partial charge in [-0.3, -0.25) is 4.68 Å². The second-order valence-corrected chi connectivity index (χ2v) is 4.91. The Morgan fingerprint density at radius 3 is 2.75 bits per heavy atom. The van der Waals surface area contributed by atoms with Gasteiger partial charge in [-0.15, -0.1) is 0 Å². The normalized spacial score (nSPS) is 10.8. The van der Waals surface area contributed by atoms with Crippen molar-refractivity contribution in [3.8, 4) is 0 Å². The minimum absolute atomic E-state index is 0.559. The molecule has 0 unspecified atom stereocenters. The first-order valence-electron chi connectivity index (χ1n) is 6.95. The lowest BCUT2D eigenvalue weighted by molar-refractivity contribution is 0.741. The van der Waals surface area contributed by atoms with E-state index < -0.39 is 0 Å². The van der Waals surface area contributed by atoms with Crippen molar-refractivity contribution >= 4 is 11.6 Å². The summed E-state index contributed by atoms with van der Waals surface area (Å²) in [7, 11) is 1.92. The molecule has 2 heterocycles. The van der Waals surface area contributed by atoms with Crippen LogP contribution in [0, 0.1) is 6.92 Å². The van der Waals surface area contributed by atoms with Crippen molar-refractivity contribution in [3.63, 3.8) is 0 Å². The molecule has 0 bridgehead atoms. The van der Waals surface area contributed by atoms with E-state index in [0.717, 1.165) is 48.7 Å². The Morgan fingerprint density at radius 1 is 1.30 bits per heavy atom. The van der Waals surface area contributed by atoms with E-state index in [1.54, 1.807) is 0 Å². The van der Waals surface area contributed by atoms with Crippen LogP contribution in [0.15, 0.2) is 12.3 Å². The first-order valence-corrected chi connectivity index (χ1v) is 6.95. The third-order valence-corrected chi connectivity index (χ3v) is 3.15. The summed E-state index contributed by atoms with van der Waals surface area (Å²) in [6, 6.07) is 2.02. The zero-order valence-electron chi connectivity index (χ0n) is 12.3. The van der Waals surface area contributed by atoms with E-state index >= 15 is 0 Å². The zero-order chi connectivity index (χ0) is 14.5. The van der Waals surface area contributed by atoms with Crippen LogP contribution < -0.4 is 11.1 Å². The van der Waals surface area contributed by atoms with Crippen LogP contribution in [0.4, 0.5) is 11.6 Å². The van der Waals surface area contributed by atoms with Crippen LogP contribution in [-0.2, 0) is 19.9 Å². The smallest absolute Gasteiger partial charge is 0.134 e. The van der Waals surface area contributed by atoms with Crippen LogP contribution >= 0.6 is 0 Å². The monoisotopic (exact) mass is 274 g/mol. The number of nitrogens with zero attached hydrogens (tertiary/aromatic N) is 4. The maximum Gasteiger partial charge on any atom is 0.134 e. The van der Waals surface area contributed by atoms with Gasteiger partial charge in [-0.1, -0.05) is 6.92 Å². The third kappa shape index (κ3) is 3.46. The van der Waals surface area contributed by atoms with E-state index in [2.05, 4.69) is 27.3 Å². The van der Waals surface area contributed by atoms with E-state index in [9.17, 15) is 0 Å². The van der Waals surface area contributed by atoms with Crippen molar-refractivity contribution in [3.05, 3.63) is 29.3 Å². The Kier molecular flexibility index (Phi) is 4.55. The number of aromatic nitrogens is 4. The molecule has 0 aliphatic heterocycles. The van der Waals surface area contributed by atoms with Gasteiger partial charge in [0.15, 0.2) is 0 Å². The Balaban J connectivity index is 2.01. The van der Waals surface area contributed by atoms with Crippen LogP contribution in [-0.4, -0.2) is 26.3 Å². The van der Waals surface area contributed by atoms with Crippen molar-refractivity contribution < 1.29 is 0 Å². The number of nitrogens with two attached hydrogens (primary N) is 1. The van der Waals surface area contributed by atoms with Gasteiger partial charge in [-0.05, 0) is 19.4 Å². The highest BCUT2D eigenvalue weighted by atomic mass is 15.2. The molecule has 0 saturated heterocycles. The van der Waals surface area contributed by atoms with Gasteiger partial charge in [0.2, 0.25) is 0 Å². The van der Waals surface area contributed by atoms with Crippen LogP contribution in [0.5, 0.6) is 0 Å². The maximum atomic E-state index is 5.93. The van der Waals surface area contributed by atoms with Crippen LogP contribution in [0.2, 0.25) is 0 Å². The van der Waals surface area contributed by atoms with Gasteiger partial charge in [0, 0.05) is 38.2 Å². The fourth-order valence-corrected chi connectivity index (χ4v) is 2.00. The second-order valence-electron chi connectivity index (χ2n) is 4.91. The van der Waals surface area contributed by atoms with Gasteiger partial charge in [-0.25, -0.2) is 9.97 Å². The quantitative estimate of drug-likeness (QED) is 0.838. The summed E-state index contributed by atoms with van der Waals surface area (Å²) in [5.41, 5.74) is 7.90. The molecule has 0 fully saturated rings. The van der Waals surface area contributed by atoms with E-state index in [0.29, 0.717) is 5.82 Å². The molecule has 3 N–H and O–H groups in total. The van der Waals surface area contributed by atoms with Gasteiger partial charge < -0.3 is 11.1 Å². The van der Waals surface area contributed by atoms with Crippen molar-refractivity contribution in [2.45, 2.75) is 33.1 Å². The highest BCUT2D eigenvalue weighted by Crippen LogP contribution is 2.17. The van der Waals surface area contributed by atoms with E-state index in [1.165, 1.54) is 0 Å². The summed E-state index contributed by atoms with van der Waals surface area (Å²) in [4.78, 5) is 8.84. The Morgan fingerprint density at radius 2 is 2.10 bits per heavy atom. The Bertz CT molecular complexity index is 575. The predicted molar refractivity (Wildman–Crippen MR) is 80.6 cm³/mol. The lowest BCUT2D eigenvalue weighted by Crippen LogP contribution is -2.12. The molecular weight excluding hydrogens is 252 g/mol. The lowest BCUT2D eigenvalue weighted by atomic mass is 10.2. The molecule has 2 aromatic rings. The highest BCUT2D eigenvalue weighted by Gasteiger charge is 2.08. The molecule has 6 heteroatoms. The van der Waals surface area contributed by atoms with Crippen LogP contribution in [0.3, 0.4) is 0 Å². The van der Waals surface area contributed by atoms with E-state index in [4.69, 9.17) is 5.73 Å². The minimum atomic E-state index is 0.559. The molecule has 0 aliphatic carbocycles. The molecule has 0 aromatic carbocycles. The van der Waals surface area contributed by atoms with Gasteiger partial charge in [-0.2, -0.15) is 5.10 Å². The van der Waals surface area contributed by atoms with Gasteiger partial charge in [0.05, 0.1) is 5.69 Å². The zero-order valence-corrected chi connectivity index (χ0v) is 12.3. The van der Waals surface area contributed by atoms with Gasteiger partial charge in [0.1, 0.15) is 17.5 Å². The standard InChI is InChI=1S/C14H22N6/c1-4-5-12-17-13(15)10(2)14(18-12)16-8-6-11-7-9-20(3)19-11/h7,9H,4-6,8H2,1-3H3,(H3,15,16,17,18). The number of hydrogen-bond acceptors (Lipinski definition) is 5. The molecule has 0 atom stereocenters. The fourth-order valence-electron chi connectivity index (χ4n) is 2.00. The summed E-state index contributed by atoms with van der Waals surface area (Å²) in [5, 5.41) is 7.68. The van der Waals surface area contributed by atoms with Crippen molar-refractivity contribution in [1.82, 2.24) is 19.7 Å². The summed E-state index contributed by atoms with van der Waals surface area (Å²) >= 11 is 0. The highest BCUT2D eigenvalue weighted by molar-refractivity contribution is 5.54. The largest absolute Gasteiger partial charge is 0.383 e. The SMILES string of the molecule is CCCc1nc(N)c(C)c(NCCc2ccn(C)n2)n1. The Labute approximate surface area is 119 Å². The summed E-state index contributed by atoms with van der Waals surface area (Å²) in [5.74, 6) is 2.19. The maximum absolute atomic E-state index is 5.93.